The van der Waals surface area contributed by atoms with E-state index in [0.29, 0.717) is 18.9 Å². The minimum absolute atomic E-state index is 0.0590. The molecule has 156 valence electrons. The molecule has 8 nitrogen and oxygen atoms in total. The number of hydrogen-bond acceptors (Lipinski definition) is 5. The maximum atomic E-state index is 12.7. The number of aliphatic hydroxyl groups is 1. The number of benzene rings is 1. The van der Waals surface area contributed by atoms with Gasteiger partial charge in [0, 0.05) is 39.0 Å². The summed E-state index contributed by atoms with van der Waals surface area (Å²) in [6, 6.07) is 6.07. The Hall–Kier alpha value is -2.61. The molecule has 4 rings (SSSR count). The highest BCUT2D eigenvalue weighted by Gasteiger charge is 2.30. The number of rotatable bonds is 4. The highest BCUT2D eigenvalue weighted by atomic mass is 16.5. The van der Waals surface area contributed by atoms with Crippen LogP contribution in [0.5, 0.6) is 5.75 Å². The van der Waals surface area contributed by atoms with Crippen LogP contribution >= 0.6 is 0 Å². The summed E-state index contributed by atoms with van der Waals surface area (Å²) in [6.07, 6.45) is 2.76. The molecular weight excluding hydrogens is 370 g/mol. The molecule has 1 fully saturated rings. The number of urea groups is 1. The van der Waals surface area contributed by atoms with E-state index in [9.17, 15) is 9.90 Å². The predicted molar refractivity (Wildman–Crippen MR) is 108 cm³/mol. The Morgan fingerprint density at radius 2 is 2.21 bits per heavy atom. The van der Waals surface area contributed by atoms with Gasteiger partial charge >= 0.3 is 6.03 Å². The first-order chi connectivity index (χ1) is 13.9. The van der Waals surface area contributed by atoms with E-state index in [1.54, 1.807) is 0 Å². The summed E-state index contributed by atoms with van der Waals surface area (Å²) in [5.41, 5.74) is 2.11. The number of aliphatic hydroxyl groups excluding tert-OH is 1. The van der Waals surface area contributed by atoms with Crippen molar-refractivity contribution >= 4 is 6.03 Å². The van der Waals surface area contributed by atoms with Gasteiger partial charge in [-0.3, -0.25) is 0 Å². The Morgan fingerprint density at radius 1 is 1.38 bits per heavy atom. The maximum absolute atomic E-state index is 12.7. The first-order valence-corrected chi connectivity index (χ1v) is 10.2. The first kappa shape index (κ1) is 19.7. The molecule has 0 radical (unpaired) electrons. The van der Waals surface area contributed by atoms with Crippen molar-refractivity contribution in [2.45, 2.75) is 57.8 Å². The smallest absolute Gasteiger partial charge is 0.317 e. The van der Waals surface area contributed by atoms with Crippen molar-refractivity contribution in [3.05, 3.63) is 41.0 Å². The van der Waals surface area contributed by atoms with Crippen LogP contribution in [0.2, 0.25) is 0 Å². The molecule has 0 spiro atoms. The van der Waals surface area contributed by atoms with Gasteiger partial charge in [0.15, 0.2) is 5.82 Å². The van der Waals surface area contributed by atoms with Crippen LogP contribution in [0.25, 0.3) is 0 Å². The summed E-state index contributed by atoms with van der Waals surface area (Å²) in [5.74, 6) is 2.44. The first-order valence-electron chi connectivity index (χ1n) is 10.2. The SMILES string of the molecule is Cn1c(CO)nnc1[C@@H]1CCCN(C(=O)NCc2ccc3c(c2)CC(C)(C)O3)C1. The Bertz CT molecular complexity index is 908. The standard InChI is InChI=1S/C21H29N5O3/c1-21(2)10-16-9-14(6-7-17(16)29-21)11-22-20(28)26-8-4-5-15(12-26)19-24-23-18(13-27)25(19)3/h6-7,9,15,27H,4-5,8,10-13H2,1-3H3,(H,22,28)/t15-/m1/s1. The molecule has 2 aliphatic rings. The van der Waals surface area contributed by atoms with E-state index >= 15 is 0 Å². The molecule has 0 saturated carbocycles. The zero-order chi connectivity index (χ0) is 20.6. The van der Waals surface area contributed by atoms with Crippen LogP contribution in [-0.2, 0) is 26.6 Å². The molecule has 2 aromatic rings. The minimum Gasteiger partial charge on any atom is -0.487 e. The molecule has 2 amide bonds. The van der Waals surface area contributed by atoms with Crippen molar-refractivity contribution in [1.82, 2.24) is 25.0 Å². The van der Waals surface area contributed by atoms with Crippen LogP contribution in [0.3, 0.4) is 0 Å². The van der Waals surface area contributed by atoms with Crippen molar-refractivity contribution < 1.29 is 14.6 Å². The molecule has 2 N–H and O–H groups in total. The van der Waals surface area contributed by atoms with Gasteiger partial charge in [-0.05, 0) is 43.9 Å². The fourth-order valence-corrected chi connectivity index (χ4v) is 4.30. The van der Waals surface area contributed by atoms with E-state index in [1.165, 1.54) is 5.56 Å². The van der Waals surface area contributed by atoms with Gasteiger partial charge in [-0.2, -0.15) is 0 Å². The average molecular weight is 399 g/mol. The molecule has 1 saturated heterocycles. The lowest BCUT2D eigenvalue weighted by Crippen LogP contribution is -2.45. The molecule has 3 heterocycles. The van der Waals surface area contributed by atoms with Gasteiger partial charge < -0.3 is 24.6 Å². The zero-order valence-electron chi connectivity index (χ0n) is 17.3. The molecule has 1 aromatic carbocycles. The van der Waals surface area contributed by atoms with E-state index in [0.717, 1.165) is 42.9 Å². The number of likely N-dealkylation sites (tertiary alicyclic amines) is 1. The maximum Gasteiger partial charge on any atom is 0.317 e. The van der Waals surface area contributed by atoms with Crippen molar-refractivity contribution in [3.8, 4) is 5.75 Å². The lowest BCUT2D eigenvalue weighted by Gasteiger charge is -2.32. The number of ether oxygens (including phenoxy) is 1. The normalized spacial score (nSPS) is 20.3. The zero-order valence-corrected chi connectivity index (χ0v) is 17.3. The molecule has 29 heavy (non-hydrogen) atoms. The summed E-state index contributed by atoms with van der Waals surface area (Å²) >= 11 is 0. The number of aromatic nitrogens is 3. The van der Waals surface area contributed by atoms with E-state index in [-0.39, 0.29) is 24.2 Å². The molecule has 1 aromatic heterocycles. The Labute approximate surface area is 170 Å². The van der Waals surface area contributed by atoms with E-state index < -0.39 is 0 Å². The van der Waals surface area contributed by atoms with Crippen molar-refractivity contribution in [1.29, 1.82) is 0 Å². The Morgan fingerprint density at radius 3 is 2.97 bits per heavy atom. The molecule has 0 aliphatic carbocycles. The Kier molecular flexibility index (Phi) is 5.21. The van der Waals surface area contributed by atoms with E-state index in [1.807, 2.05) is 28.6 Å². The van der Waals surface area contributed by atoms with Gasteiger partial charge in [0.2, 0.25) is 0 Å². The second kappa shape index (κ2) is 7.67. The number of piperidine rings is 1. The van der Waals surface area contributed by atoms with Crippen LogP contribution in [0, 0.1) is 0 Å². The largest absolute Gasteiger partial charge is 0.487 e. The van der Waals surface area contributed by atoms with Crippen LogP contribution in [0.4, 0.5) is 4.79 Å². The minimum atomic E-state index is -0.164. The van der Waals surface area contributed by atoms with Gasteiger partial charge in [0.25, 0.3) is 0 Å². The lowest BCUT2D eigenvalue weighted by atomic mass is 9.97. The molecular formula is C21H29N5O3. The number of hydrogen-bond donors (Lipinski definition) is 2. The third-order valence-corrected chi connectivity index (χ3v) is 5.78. The summed E-state index contributed by atoms with van der Waals surface area (Å²) < 4.78 is 7.75. The number of amides is 2. The van der Waals surface area contributed by atoms with Crippen LogP contribution in [-0.4, -0.2) is 49.5 Å². The lowest BCUT2D eigenvalue weighted by molar-refractivity contribution is 0.138. The van der Waals surface area contributed by atoms with Gasteiger partial charge in [0.05, 0.1) is 0 Å². The van der Waals surface area contributed by atoms with Crippen LogP contribution in [0.1, 0.15) is 55.4 Å². The van der Waals surface area contributed by atoms with Crippen LogP contribution < -0.4 is 10.1 Å². The van der Waals surface area contributed by atoms with Gasteiger partial charge in [-0.1, -0.05) is 12.1 Å². The van der Waals surface area contributed by atoms with Crippen LogP contribution in [0.15, 0.2) is 18.2 Å². The van der Waals surface area contributed by atoms with Gasteiger partial charge in [-0.25, -0.2) is 4.79 Å². The highest BCUT2D eigenvalue weighted by Crippen LogP contribution is 2.35. The third kappa shape index (κ3) is 4.07. The van der Waals surface area contributed by atoms with Crippen molar-refractivity contribution in [3.63, 3.8) is 0 Å². The number of carbonyl (C=O) groups excluding carboxylic acids is 1. The third-order valence-electron chi connectivity index (χ3n) is 5.78. The van der Waals surface area contributed by atoms with Gasteiger partial charge in [0.1, 0.15) is 23.8 Å². The molecule has 2 aliphatic heterocycles. The van der Waals surface area contributed by atoms with Gasteiger partial charge in [-0.15, -0.1) is 10.2 Å². The number of nitrogens with zero attached hydrogens (tertiary/aromatic N) is 4. The average Bonchev–Trinajstić information content (AvgIpc) is 3.23. The quantitative estimate of drug-likeness (QED) is 0.822. The highest BCUT2D eigenvalue weighted by molar-refractivity contribution is 5.74. The molecule has 0 unspecified atom stereocenters. The van der Waals surface area contributed by atoms with E-state index in [2.05, 4.69) is 35.4 Å². The number of fused-ring (bicyclic) bond motifs is 1. The van der Waals surface area contributed by atoms with E-state index in [4.69, 9.17) is 4.74 Å². The Balaban J connectivity index is 1.36. The monoisotopic (exact) mass is 399 g/mol. The van der Waals surface area contributed by atoms with Crippen molar-refractivity contribution in [2.24, 2.45) is 7.05 Å². The summed E-state index contributed by atoms with van der Waals surface area (Å²) in [4.78, 5) is 14.6. The summed E-state index contributed by atoms with van der Waals surface area (Å²) in [6.45, 7) is 5.87. The summed E-state index contributed by atoms with van der Waals surface area (Å²) in [7, 11) is 1.86. The fourth-order valence-electron chi connectivity index (χ4n) is 4.30. The summed E-state index contributed by atoms with van der Waals surface area (Å²) in [5, 5.41) is 20.6. The molecule has 1 atom stereocenters. The fraction of sp³-hybridized carbons (Fsp3) is 0.571. The predicted octanol–water partition coefficient (Wildman–Crippen LogP) is 2.11. The second-order valence-corrected chi connectivity index (χ2v) is 8.62. The number of nitrogens with one attached hydrogen (secondary N) is 1. The molecule has 0 bridgehead atoms. The second-order valence-electron chi connectivity index (χ2n) is 8.62. The number of carbonyl (C=O) groups is 1. The topological polar surface area (TPSA) is 92.5 Å². The van der Waals surface area contributed by atoms with Crippen molar-refractivity contribution in [2.75, 3.05) is 13.1 Å². The molecule has 8 heteroatoms.